The average molecular weight is 420 g/mol. The number of pyridine rings is 1. The number of furan rings is 1. The molecule has 0 fully saturated rings. The standard InChI is InChI=1S/C30H29NO/c1-18-17-23-25(30(4,5)15-14-29(23,2)3)28-24(18)22-13-16-31-26(27(22)32-28)21-12-8-10-19-9-6-7-11-20(19)21/h6-13,16-17H,14-15H2,1-5H3. The number of hydrogen-bond donors (Lipinski definition) is 0. The van der Waals surface area contributed by atoms with Crippen molar-refractivity contribution in [3.63, 3.8) is 0 Å². The van der Waals surface area contributed by atoms with Gasteiger partial charge in [-0.25, -0.2) is 0 Å². The van der Waals surface area contributed by atoms with Gasteiger partial charge in [0.15, 0.2) is 5.58 Å². The van der Waals surface area contributed by atoms with E-state index in [1.165, 1.54) is 39.3 Å². The van der Waals surface area contributed by atoms with Gasteiger partial charge in [-0.3, -0.25) is 4.98 Å². The van der Waals surface area contributed by atoms with Crippen LogP contribution in [0.2, 0.25) is 0 Å². The van der Waals surface area contributed by atoms with Gasteiger partial charge >= 0.3 is 0 Å². The summed E-state index contributed by atoms with van der Waals surface area (Å²) in [5.41, 5.74) is 8.36. The zero-order chi connectivity index (χ0) is 22.3. The number of aromatic nitrogens is 1. The molecule has 0 spiro atoms. The van der Waals surface area contributed by atoms with E-state index in [1.807, 2.05) is 6.20 Å². The lowest BCUT2D eigenvalue weighted by Crippen LogP contribution is -2.34. The molecule has 2 heteroatoms. The molecule has 0 radical (unpaired) electrons. The Morgan fingerprint density at radius 1 is 0.812 bits per heavy atom. The molecule has 6 rings (SSSR count). The van der Waals surface area contributed by atoms with Gasteiger partial charge in [-0.1, -0.05) is 76.2 Å². The first kappa shape index (κ1) is 19.5. The maximum Gasteiger partial charge on any atom is 0.161 e. The summed E-state index contributed by atoms with van der Waals surface area (Å²) in [6.07, 6.45) is 4.29. The van der Waals surface area contributed by atoms with Gasteiger partial charge in [0.05, 0.1) is 0 Å². The van der Waals surface area contributed by atoms with Crippen molar-refractivity contribution < 1.29 is 4.42 Å². The predicted molar refractivity (Wildman–Crippen MR) is 134 cm³/mol. The molecule has 160 valence electrons. The van der Waals surface area contributed by atoms with Gasteiger partial charge in [-0.05, 0) is 58.6 Å². The molecule has 2 aromatic heterocycles. The van der Waals surface area contributed by atoms with Crippen molar-refractivity contribution in [3.8, 4) is 11.3 Å². The zero-order valence-electron chi connectivity index (χ0n) is 19.5. The van der Waals surface area contributed by atoms with Crippen LogP contribution in [-0.4, -0.2) is 4.98 Å². The first-order chi connectivity index (χ1) is 15.3. The molecular weight excluding hydrogens is 390 g/mol. The summed E-state index contributed by atoms with van der Waals surface area (Å²) in [5, 5.41) is 4.83. The smallest absolute Gasteiger partial charge is 0.161 e. The molecule has 0 bridgehead atoms. The van der Waals surface area contributed by atoms with Crippen molar-refractivity contribution in [2.24, 2.45) is 0 Å². The third kappa shape index (κ3) is 2.62. The van der Waals surface area contributed by atoms with Gasteiger partial charge < -0.3 is 4.42 Å². The van der Waals surface area contributed by atoms with E-state index in [4.69, 9.17) is 9.40 Å². The highest BCUT2D eigenvalue weighted by Crippen LogP contribution is 2.51. The molecule has 0 atom stereocenters. The Morgan fingerprint density at radius 3 is 2.41 bits per heavy atom. The lowest BCUT2D eigenvalue weighted by Gasteiger charge is -2.41. The third-order valence-electron chi connectivity index (χ3n) is 7.68. The molecule has 32 heavy (non-hydrogen) atoms. The molecule has 0 aliphatic heterocycles. The molecule has 1 aliphatic carbocycles. The van der Waals surface area contributed by atoms with Crippen molar-refractivity contribution in [2.45, 2.75) is 58.3 Å². The van der Waals surface area contributed by atoms with Crippen LogP contribution in [-0.2, 0) is 10.8 Å². The predicted octanol–water partition coefficient (Wildman–Crippen LogP) is 8.46. The summed E-state index contributed by atoms with van der Waals surface area (Å²) in [5.74, 6) is 0. The van der Waals surface area contributed by atoms with Crippen LogP contribution in [0.5, 0.6) is 0 Å². The Labute approximate surface area is 189 Å². The minimum Gasteiger partial charge on any atom is -0.453 e. The molecule has 2 nitrogen and oxygen atoms in total. The zero-order valence-corrected chi connectivity index (χ0v) is 19.5. The fourth-order valence-electron chi connectivity index (χ4n) is 5.79. The van der Waals surface area contributed by atoms with Crippen LogP contribution >= 0.6 is 0 Å². The van der Waals surface area contributed by atoms with Gasteiger partial charge in [-0.15, -0.1) is 0 Å². The Morgan fingerprint density at radius 2 is 1.56 bits per heavy atom. The van der Waals surface area contributed by atoms with Gasteiger partial charge in [0.1, 0.15) is 11.3 Å². The van der Waals surface area contributed by atoms with E-state index >= 15 is 0 Å². The first-order valence-corrected chi connectivity index (χ1v) is 11.6. The van der Waals surface area contributed by atoms with Crippen molar-refractivity contribution in [1.29, 1.82) is 0 Å². The average Bonchev–Trinajstić information content (AvgIpc) is 3.16. The summed E-state index contributed by atoms with van der Waals surface area (Å²) in [6, 6.07) is 19.5. The topological polar surface area (TPSA) is 26.0 Å². The molecule has 0 amide bonds. The second kappa shape index (κ2) is 6.45. The highest BCUT2D eigenvalue weighted by atomic mass is 16.3. The normalized spacial score (nSPS) is 17.2. The minimum atomic E-state index is 0.0811. The Kier molecular flexibility index (Phi) is 3.94. The van der Waals surface area contributed by atoms with Crippen LogP contribution in [0.25, 0.3) is 44.0 Å². The molecule has 0 saturated carbocycles. The summed E-state index contributed by atoms with van der Waals surface area (Å²) in [4.78, 5) is 4.84. The van der Waals surface area contributed by atoms with Crippen LogP contribution in [0.15, 0.2) is 65.2 Å². The number of fused-ring (bicyclic) bond motifs is 6. The van der Waals surface area contributed by atoms with E-state index in [0.29, 0.717) is 0 Å². The van der Waals surface area contributed by atoms with Gasteiger partial charge in [0.2, 0.25) is 0 Å². The SMILES string of the molecule is Cc1cc2c(c3oc4c(-c5cccc6ccccc56)nccc4c13)C(C)(C)CCC2(C)C. The van der Waals surface area contributed by atoms with Gasteiger partial charge in [0.25, 0.3) is 0 Å². The second-order valence-electron chi connectivity index (χ2n) is 10.8. The highest BCUT2D eigenvalue weighted by Gasteiger charge is 2.40. The van der Waals surface area contributed by atoms with Crippen LogP contribution in [0.4, 0.5) is 0 Å². The van der Waals surface area contributed by atoms with E-state index in [2.05, 4.69) is 89.2 Å². The molecule has 0 N–H and O–H groups in total. The monoisotopic (exact) mass is 419 g/mol. The largest absolute Gasteiger partial charge is 0.453 e. The summed E-state index contributed by atoms with van der Waals surface area (Å²) >= 11 is 0. The maximum atomic E-state index is 6.83. The van der Waals surface area contributed by atoms with Crippen molar-refractivity contribution in [3.05, 3.63) is 77.5 Å². The highest BCUT2D eigenvalue weighted by molar-refractivity contribution is 6.13. The summed E-state index contributed by atoms with van der Waals surface area (Å²) < 4.78 is 6.83. The number of rotatable bonds is 1. The summed E-state index contributed by atoms with van der Waals surface area (Å²) in [6.45, 7) is 11.7. The van der Waals surface area contributed by atoms with Crippen molar-refractivity contribution in [2.75, 3.05) is 0 Å². The molecule has 2 heterocycles. The Bertz CT molecular complexity index is 1530. The molecule has 0 saturated heterocycles. The van der Waals surface area contributed by atoms with E-state index in [9.17, 15) is 0 Å². The van der Waals surface area contributed by atoms with Crippen LogP contribution in [0.3, 0.4) is 0 Å². The number of hydrogen-bond acceptors (Lipinski definition) is 2. The van der Waals surface area contributed by atoms with Gasteiger partial charge in [-0.2, -0.15) is 0 Å². The fourth-order valence-corrected chi connectivity index (χ4v) is 5.79. The van der Waals surface area contributed by atoms with Crippen LogP contribution in [0.1, 0.15) is 57.2 Å². The van der Waals surface area contributed by atoms with E-state index in [0.717, 1.165) is 34.2 Å². The third-order valence-corrected chi connectivity index (χ3v) is 7.68. The Hall–Kier alpha value is -3.13. The number of nitrogens with zero attached hydrogens (tertiary/aromatic N) is 1. The van der Waals surface area contributed by atoms with Crippen molar-refractivity contribution >= 4 is 32.7 Å². The molecule has 3 aromatic carbocycles. The maximum absolute atomic E-state index is 6.83. The minimum absolute atomic E-state index is 0.0811. The van der Waals surface area contributed by atoms with E-state index in [-0.39, 0.29) is 10.8 Å². The second-order valence-corrected chi connectivity index (χ2v) is 10.8. The number of aryl methyl sites for hydroxylation is 1. The lowest BCUT2D eigenvalue weighted by atomic mass is 9.62. The quantitative estimate of drug-likeness (QED) is 0.272. The molecule has 5 aromatic rings. The lowest BCUT2D eigenvalue weighted by molar-refractivity contribution is 0.331. The first-order valence-electron chi connectivity index (χ1n) is 11.6. The van der Waals surface area contributed by atoms with Gasteiger partial charge in [0, 0.05) is 28.1 Å². The summed E-state index contributed by atoms with van der Waals surface area (Å²) in [7, 11) is 0. The Balaban J connectivity index is 1.76. The fraction of sp³-hybridized carbons (Fsp3) is 0.300. The van der Waals surface area contributed by atoms with E-state index < -0.39 is 0 Å². The molecule has 0 unspecified atom stereocenters. The van der Waals surface area contributed by atoms with Crippen LogP contribution in [0, 0.1) is 6.92 Å². The molecule has 1 aliphatic rings. The van der Waals surface area contributed by atoms with E-state index in [1.54, 1.807) is 0 Å². The molecular formula is C30H29NO. The number of benzene rings is 3. The van der Waals surface area contributed by atoms with Crippen LogP contribution < -0.4 is 0 Å². The van der Waals surface area contributed by atoms with Crippen molar-refractivity contribution in [1.82, 2.24) is 4.98 Å².